The Morgan fingerprint density at radius 1 is 0.889 bits per heavy atom. The lowest BCUT2D eigenvalue weighted by molar-refractivity contribution is -0.133. The van der Waals surface area contributed by atoms with Gasteiger partial charge in [-0.2, -0.15) is 0 Å². The van der Waals surface area contributed by atoms with Crippen LogP contribution in [0.1, 0.15) is 0 Å². The van der Waals surface area contributed by atoms with Crippen molar-refractivity contribution in [3.63, 3.8) is 0 Å². The molecule has 27 heavy (non-hydrogen) atoms. The number of likely N-dealkylation sites (N-methyl/N-ethyl adjacent to an activating group) is 1. The molecule has 1 amide bonds. The maximum absolute atomic E-state index is 12.9. The highest BCUT2D eigenvalue weighted by Crippen LogP contribution is 2.31. The Kier molecular flexibility index (Phi) is 5.03. The summed E-state index contributed by atoms with van der Waals surface area (Å²) < 4.78 is 1.98. The van der Waals surface area contributed by atoms with Gasteiger partial charge < -0.3 is 14.4 Å². The number of benzene rings is 2. The third-order valence-electron chi connectivity index (χ3n) is 5.09. The lowest BCUT2D eigenvalue weighted by Crippen LogP contribution is -2.48. The van der Waals surface area contributed by atoms with Gasteiger partial charge in [0, 0.05) is 37.3 Å². The van der Waals surface area contributed by atoms with Gasteiger partial charge >= 0.3 is 0 Å². The predicted molar refractivity (Wildman–Crippen MR) is 107 cm³/mol. The van der Waals surface area contributed by atoms with Crippen molar-refractivity contribution in [3.05, 3.63) is 67.0 Å². The quantitative estimate of drug-likeness (QED) is 0.718. The highest BCUT2D eigenvalue weighted by atomic mass is 16.2. The van der Waals surface area contributed by atoms with E-state index in [0.29, 0.717) is 6.54 Å². The highest BCUT2D eigenvalue weighted by molar-refractivity contribution is 5.81. The van der Waals surface area contributed by atoms with Crippen LogP contribution in [0.4, 0.5) is 0 Å². The molecule has 5 nitrogen and oxygen atoms in total. The molecule has 1 saturated heterocycles. The van der Waals surface area contributed by atoms with Gasteiger partial charge in [0.05, 0.1) is 17.7 Å². The van der Waals surface area contributed by atoms with Gasteiger partial charge in [-0.05, 0) is 7.05 Å². The molecule has 0 spiro atoms. The average molecular weight is 360 g/mol. The molecular formula is C22H24N4O. The fourth-order valence-electron chi connectivity index (χ4n) is 3.51. The molecule has 0 unspecified atom stereocenters. The molecule has 0 atom stereocenters. The zero-order valence-electron chi connectivity index (χ0n) is 15.6. The fraction of sp³-hybridized carbons (Fsp3) is 0.273. The number of rotatable bonds is 4. The molecule has 2 aromatic carbocycles. The van der Waals surface area contributed by atoms with Crippen molar-refractivity contribution in [2.24, 2.45) is 0 Å². The smallest absolute Gasteiger partial charge is 0.242 e. The summed E-state index contributed by atoms with van der Waals surface area (Å²) in [5.74, 6) is 0.150. The average Bonchev–Trinajstić information content (AvgIpc) is 3.13. The van der Waals surface area contributed by atoms with E-state index in [2.05, 4.69) is 41.2 Å². The van der Waals surface area contributed by atoms with Gasteiger partial charge in [0.2, 0.25) is 5.91 Å². The van der Waals surface area contributed by atoms with Gasteiger partial charge in [0.15, 0.2) is 0 Å². The minimum atomic E-state index is 0.150. The zero-order valence-corrected chi connectivity index (χ0v) is 15.6. The number of carbonyl (C=O) groups excluding carboxylic acids is 1. The Bertz CT molecular complexity index is 897. The Morgan fingerprint density at radius 2 is 1.48 bits per heavy atom. The summed E-state index contributed by atoms with van der Waals surface area (Å²) in [6.45, 7) is 3.74. The number of imidazole rings is 1. The Labute approximate surface area is 159 Å². The highest BCUT2D eigenvalue weighted by Gasteiger charge is 2.22. The molecule has 0 radical (unpaired) electrons. The van der Waals surface area contributed by atoms with Crippen molar-refractivity contribution >= 4 is 5.91 Å². The Balaban J connectivity index is 1.67. The lowest BCUT2D eigenvalue weighted by Gasteiger charge is -2.32. The molecule has 0 aliphatic carbocycles. The fourth-order valence-corrected chi connectivity index (χ4v) is 3.51. The minimum absolute atomic E-state index is 0.150. The monoisotopic (exact) mass is 360 g/mol. The van der Waals surface area contributed by atoms with E-state index in [4.69, 9.17) is 0 Å². The lowest BCUT2D eigenvalue weighted by atomic mass is 10.0. The van der Waals surface area contributed by atoms with E-state index in [0.717, 1.165) is 48.7 Å². The first-order valence-electron chi connectivity index (χ1n) is 9.34. The number of piperazine rings is 1. The van der Waals surface area contributed by atoms with Crippen LogP contribution >= 0.6 is 0 Å². The first kappa shape index (κ1) is 17.5. The molecule has 0 N–H and O–H groups in total. The van der Waals surface area contributed by atoms with E-state index in [-0.39, 0.29) is 5.91 Å². The van der Waals surface area contributed by atoms with E-state index < -0.39 is 0 Å². The summed E-state index contributed by atoms with van der Waals surface area (Å²) >= 11 is 0. The topological polar surface area (TPSA) is 41.4 Å². The van der Waals surface area contributed by atoms with Crippen LogP contribution in [0.2, 0.25) is 0 Å². The van der Waals surface area contributed by atoms with E-state index in [1.54, 1.807) is 6.33 Å². The molecule has 3 aromatic rings. The third kappa shape index (κ3) is 3.78. The number of hydrogen-bond acceptors (Lipinski definition) is 3. The predicted octanol–water partition coefficient (Wildman–Crippen LogP) is 2.99. The van der Waals surface area contributed by atoms with Crippen LogP contribution in [-0.4, -0.2) is 58.5 Å². The Morgan fingerprint density at radius 3 is 2.11 bits per heavy atom. The first-order chi connectivity index (χ1) is 13.2. The minimum Gasteiger partial charge on any atom is -0.339 e. The van der Waals surface area contributed by atoms with Crippen LogP contribution in [0, 0.1) is 0 Å². The second kappa shape index (κ2) is 7.76. The van der Waals surface area contributed by atoms with Gasteiger partial charge in [-0.15, -0.1) is 0 Å². The van der Waals surface area contributed by atoms with Crippen LogP contribution in [0.5, 0.6) is 0 Å². The first-order valence-corrected chi connectivity index (χ1v) is 9.34. The van der Waals surface area contributed by atoms with Crippen molar-refractivity contribution in [2.75, 3.05) is 33.2 Å². The van der Waals surface area contributed by atoms with Crippen LogP contribution in [0.15, 0.2) is 67.0 Å². The van der Waals surface area contributed by atoms with Gasteiger partial charge in [-0.25, -0.2) is 4.98 Å². The second-order valence-corrected chi connectivity index (χ2v) is 6.99. The van der Waals surface area contributed by atoms with Crippen LogP contribution in [-0.2, 0) is 11.3 Å². The molecule has 1 aliphatic heterocycles. The van der Waals surface area contributed by atoms with E-state index >= 15 is 0 Å². The number of aromatic nitrogens is 2. The van der Waals surface area contributed by atoms with Gasteiger partial charge in [-0.3, -0.25) is 4.79 Å². The third-order valence-corrected chi connectivity index (χ3v) is 5.09. The molecule has 1 fully saturated rings. The van der Waals surface area contributed by atoms with Crippen molar-refractivity contribution in [3.8, 4) is 22.5 Å². The largest absolute Gasteiger partial charge is 0.339 e. The van der Waals surface area contributed by atoms with E-state index in [1.807, 2.05) is 45.9 Å². The molecule has 2 heterocycles. The molecule has 0 saturated carbocycles. The number of amides is 1. The van der Waals surface area contributed by atoms with E-state index in [9.17, 15) is 4.79 Å². The van der Waals surface area contributed by atoms with E-state index in [1.165, 1.54) is 0 Å². The molecule has 4 rings (SSSR count). The summed E-state index contributed by atoms with van der Waals surface area (Å²) in [4.78, 5) is 21.7. The molecule has 1 aliphatic rings. The van der Waals surface area contributed by atoms with Crippen molar-refractivity contribution < 1.29 is 4.79 Å². The molecular weight excluding hydrogens is 336 g/mol. The van der Waals surface area contributed by atoms with Crippen molar-refractivity contribution in [1.82, 2.24) is 19.4 Å². The normalized spacial score (nSPS) is 15.1. The number of hydrogen-bond donors (Lipinski definition) is 0. The van der Waals surface area contributed by atoms with Crippen LogP contribution in [0.3, 0.4) is 0 Å². The van der Waals surface area contributed by atoms with Gasteiger partial charge in [-0.1, -0.05) is 60.7 Å². The summed E-state index contributed by atoms with van der Waals surface area (Å²) in [6, 6.07) is 20.3. The van der Waals surface area contributed by atoms with Crippen molar-refractivity contribution in [1.29, 1.82) is 0 Å². The maximum atomic E-state index is 12.9. The molecule has 5 heteroatoms. The van der Waals surface area contributed by atoms with Gasteiger partial charge in [0.1, 0.15) is 6.54 Å². The summed E-state index contributed by atoms with van der Waals surface area (Å²) in [6.07, 6.45) is 1.79. The van der Waals surface area contributed by atoms with Crippen LogP contribution in [0.25, 0.3) is 22.5 Å². The van der Waals surface area contributed by atoms with Gasteiger partial charge in [0.25, 0.3) is 0 Å². The summed E-state index contributed by atoms with van der Waals surface area (Å²) in [5, 5.41) is 0. The van der Waals surface area contributed by atoms with Crippen molar-refractivity contribution in [2.45, 2.75) is 6.54 Å². The molecule has 138 valence electrons. The maximum Gasteiger partial charge on any atom is 0.242 e. The molecule has 1 aromatic heterocycles. The zero-order chi connectivity index (χ0) is 18.6. The SMILES string of the molecule is CN1CCN(C(=O)Cn2cnc(-c3ccccc3)c2-c2ccccc2)CC1. The molecule has 0 bridgehead atoms. The second-order valence-electron chi connectivity index (χ2n) is 6.99. The Hall–Kier alpha value is -2.92. The number of nitrogens with zero attached hydrogens (tertiary/aromatic N) is 4. The standard InChI is InChI=1S/C22H24N4O/c1-24-12-14-25(15-13-24)20(27)16-26-17-23-21(18-8-4-2-5-9-18)22(26)19-10-6-3-7-11-19/h2-11,17H,12-16H2,1H3. The summed E-state index contributed by atoms with van der Waals surface area (Å²) in [7, 11) is 2.09. The van der Waals surface area contributed by atoms with Crippen LogP contribution < -0.4 is 0 Å². The number of carbonyl (C=O) groups is 1. The summed E-state index contributed by atoms with van der Waals surface area (Å²) in [5.41, 5.74) is 4.03.